The molecule has 2 aliphatic rings. The zero-order valence-electron chi connectivity index (χ0n) is 14.5. The SMILES string of the molecule is Cn1cc(N2CCC(NC(=O)c3cnc(OCC4CC4)cn3)C2=O)cn1. The van der Waals surface area contributed by atoms with E-state index in [0.29, 0.717) is 31.4 Å². The van der Waals surface area contributed by atoms with Crippen LogP contribution in [0, 0.1) is 5.92 Å². The summed E-state index contributed by atoms with van der Waals surface area (Å²) < 4.78 is 7.14. The summed E-state index contributed by atoms with van der Waals surface area (Å²) in [5.41, 5.74) is 0.891. The van der Waals surface area contributed by atoms with E-state index in [9.17, 15) is 9.59 Å². The van der Waals surface area contributed by atoms with Crippen molar-refractivity contribution in [2.75, 3.05) is 18.1 Å². The molecule has 1 aliphatic heterocycles. The Morgan fingerprint density at radius 2 is 2.12 bits per heavy atom. The monoisotopic (exact) mass is 356 g/mol. The first kappa shape index (κ1) is 16.5. The van der Waals surface area contributed by atoms with E-state index in [1.807, 2.05) is 0 Å². The zero-order chi connectivity index (χ0) is 18.1. The molecule has 1 atom stereocenters. The van der Waals surface area contributed by atoms with E-state index in [2.05, 4.69) is 20.4 Å². The van der Waals surface area contributed by atoms with Gasteiger partial charge in [-0.1, -0.05) is 0 Å². The Morgan fingerprint density at radius 1 is 1.27 bits per heavy atom. The van der Waals surface area contributed by atoms with Crippen LogP contribution < -0.4 is 15.0 Å². The summed E-state index contributed by atoms with van der Waals surface area (Å²) in [4.78, 5) is 34.7. The molecule has 9 nitrogen and oxygen atoms in total. The number of hydrogen-bond donors (Lipinski definition) is 1. The Hall–Kier alpha value is -2.97. The molecule has 2 aromatic rings. The molecular formula is C17H20N6O3. The highest BCUT2D eigenvalue weighted by atomic mass is 16.5. The number of aryl methyl sites for hydroxylation is 1. The number of carbonyl (C=O) groups excluding carboxylic acids is 2. The maximum Gasteiger partial charge on any atom is 0.272 e. The van der Waals surface area contributed by atoms with E-state index < -0.39 is 11.9 Å². The topological polar surface area (TPSA) is 102 Å². The Kier molecular flexibility index (Phi) is 4.27. The molecule has 2 fully saturated rings. The molecule has 0 bridgehead atoms. The normalized spacial score (nSPS) is 19.7. The van der Waals surface area contributed by atoms with Gasteiger partial charge in [0.1, 0.15) is 11.7 Å². The second-order valence-electron chi connectivity index (χ2n) is 6.67. The third-order valence-electron chi connectivity index (χ3n) is 4.54. The molecule has 26 heavy (non-hydrogen) atoms. The van der Waals surface area contributed by atoms with Gasteiger partial charge in [0.15, 0.2) is 0 Å². The van der Waals surface area contributed by atoms with Crippen LogP contribution in [-0.2, 0) is 11.8 Å². The molecule has 9 heteroatoms. The third-order valence-corrected chi connectivity index (χ3v) is 4.54. The Labute approximate surface area is 150 Å². The number of hydrogen-bond acceptors (Lipinski definition) is 6. The van der Waals surface area contributed by atoms with Gasteiger partial charge in [0.25, 0.3) is 5.91 Å². The lowest BCUT2D eigenvalue weighted by Crippen LogP contribution is -2.41. The molecule has 4 rings (SSSR count). The lowest BCUT2D eigenvalue weighted by atomic mass is 10.2. The molecule has 2 amide bonds. The first-order chi connectivity index (χ1) is 12.6. The number of ether oxygens (including phenoxy) is 1. The lowest BCUT2D eigenvalue weighted by Gasteiger charge is -2.15. The highest BCUT2D eigenvalue weighted by molar-refractivity contribution is 6.03. The quantitative estimate of drug-likeness (QED) is 0.810. The van der Waals surface area contributed by atoms with Crippen molar-refractivity contribution in [3.63, 3.8) is 0 Å². The van der Waals surface area contributed by atoms with Crippen molar-refractivity contribution in [3.05, 3.63) is 30.5 Å². The minimum Gasteiger partial charge on any atom is -0.476 e. The van der Waals surface area contributed by atoms with Gasteiger partial charge in [-0.15, -0.1) is 0 Å². The van der Waals surface area contributed by atoms with Crippen LogP contribution in [0.4, 0.5) is 5.69 Å². The summed E-state index contributed by atoms with van der Waals surface area (Å²) in [6, 6.07) is -0.574. The van der Waals surface area contributed by atoms with Crippen molar-refractivity contribution in [1.82, 2.24) is 25.1 Å². The minimum absolute atomic E-state index is 0.149. The number of amides is 2. The van der Waals surface area contributed by atoms with Crippen LogP contribution in [0.3, 0.4) is 0 Å². The highest BCUT2D eigenvalue weighted by Gasteiger charge is 2.34. The van der Waals surface area contributed by atoms with Gasteiger partial charge in [-0.25, -0.2) is 9.97 Å². The molecule has 0 aromatic carbocycles. The van der Waals surface area contributed by atoms with Gasteiger partial charge >= 0.3 is 0 Å². The summed E-state index contributed by atoms with van der Waals surface area (Å²) in [5, 5.41) is 6.80. The number of rotatable bonds is 6. The average molecular weight is 356 g/mol. The van der Waals surface area contributed by atoms with Crippen LogP contribution in [0.5, 0.6) is 5.88 Å². The van der Waals surface area contributed by atoms with E-state index in [1.165, 1.54) is 25.2 Å². The van der Waals surface area contributed by atoms with E-state index in [1.54, 1.807) is 29.0 Å². The molecule has 0 radical (unpaired) electrons. The molecule has 1 aliphatic carbocycles. The van der Waals surface area contributed by atoms with E-state index in [0.717, 1.165) is 5.69 Å². The maximum absolute atomic E-state index is 12.5. The summed E-state index contributed by atoms with van der Waals surface area (Å²) >= 11 is 0. The van der Waals surface area contributed by atoms with Crippen LogP contribution in [-0.4, -0.2) is 50.8 Å². The number of carbonyl (C=O) groups is 2. The van der Waals surface area contributed by atoms with Crippen molar-refractivity contribution in [2.24, 2.45) is 13.0 Å². The molecule has 1 N–H and O–H groups in total. The van der Waals surface area contributed by atoms with Crippen LogP contribution in [0.15, 0.2) is 24.8 Å². The molecule has 2 aromatic heterocycles. The summed E-state index contributed by atoms with van der Waals surface area (Å²) in [6.45, 7) is 1.18. The molecule has 1 saturated heterocycles. The zero-order valence-corrected chi connectivity index (χ0v) is 14.5. The number of nitrogens with zero attached hydrogens (tertiary/aromatic N) is 5. The molecule has 0 spiro atoms. The van der Waals surface area contributed by atoms with Crippen molar-refractivity contribution < 1.29 is 14.3 Å². The van der Waals surface area contributed by atoms with Gasteiger partial charge in [-0.2, -0.15) is 5.10 Å². The summed E-state index contributed by atoms with van der Waals surface area (Å²) in [7, 11) is 1.79. The smallest absolute Gasteiger partial charge is 0.272 e. The van der Waals surface area contributed by atoms with Crippen molar-refractivity contribution >= 4 is 17.5 Å². The second kappa shape index (κ2) is 6.74. The fourth-order valence-corrected chi connectivity index (χ4v) is 2.85. The van der Waals surface area contributed by atoms with Gasteiger partial charge in [0, 0.05) is 19.8 Å². The number of anilines is 1. The Morgan fingerprint density at radius 3 is 2.77 bits per heavy atom. The molecule has 1 unspecified atom stereocenters. The summed E-state index contributed by atoms with van der Waals surface area (Å²) in [6.07, 6.45) is 9.14. The number of aromatic nitrogens is 4. The fourth-order valence-electron chi connectivity index (χ4n) is 2.85. The van der Waals surface area contributed by atoms with Gasteiger partial charge < -0.3 is 15.0 Å². The van der Waals surface area contributed by atoms with E-state index in [4.69, 9.17) is 4.74 Å². The largest absolute Gasteiger partial charge is 0.476 e. The van der Waals surface area contributed by atoms with Crippen LogP contribution in [0.1, 0.15) is 29.8 Å². The predicted molar refractivity (Wildman–Crippen MR) is 91.7 cm³/mol. The average Bonchev–Trinajstić information content (AvgIpc) is 3.28. The van der Waals surface area contributed by atoms with Crippen molar-refractivity contribution in [2.45, 2.75) is 25.3 Å². The third kappa shape index (κ3) is 3.51. The van der Waals surface area contributed by atoms with E-state index >= 15 is 0 Å². The van der Waals surface area contributed by atoms with Crippen LogP contribution in [0.25, 0.3) is 0 Å². The van der Waals surface area contributed by atoms with Gasteiger partial charge in [0.05, 0.1) is 30.9 Å². The Balaban J connectivity index is 1.34. The van der Waals surface area contributed by atoms with Crippen LogP contribution in [0.2, 0.25) is 0 Å². The van der Waals surface area contributed by atoms with Gasteiger partial charge in [0.2, 0.25) is 11.8 Å². The van der Waals surface area contributed by atoms with Gasteiger partial charge in [-0.3, -0.25) is 14.3 Å². The molecular weight excluding hydrogens is 336 g/mol. The van der Waals surface area contributed by atoms with Crippen molar-refractivity contribution in [1.29, 1.82) is 0 Å². The fraction of sp³-hybridized carbons (Fsp3) is 0.471. The van der Waals surface area contributed by atoms with Crippen LogP contribution >= 0.6 is 0 Å². The maximum atomic E-state index is 12.5. The Bertz CT molecular complexity index is 814. The first-order valence-corrected chi connectivity index (χ1v) is 8.66. The summed E-state index contributed by atoms with van der Waals surface area (Å²) in [5.74, 6) is 0.463. The second-order valence-corrected chi connectivity index (χ2v) is 6.67. The van der Waals surface area contributed by atoms with E-state index in [-0.39, 0.29) is 11.6 Å². The number of nitrogens with one attached hydrogen (secondary N) is 1. The van der Waals surface area contributed by atoms with Crippen molar-refractivity contribution in [3.8, 4) is 5.88 Å². The highest BCUT2D eigenvalue weighted by Crippen LogP contribution is 2.29. The van der Waals surface area contributed by atoms with Gasteiger partial charge in [-0.05, 0) is 25.2 Å². The predicted octanol–water partition coefficient (Wildman–Crippen LogP) is 0.534. The molecule has 3 heterocycles. The molecule has 1 saturated carbocycles. The standard InChI is InChI=1S/C17H20N6O3/c1-22-9-12(6-20-22)23-5-4-13(17(23)25)21-16(24)14-7-19-15(8-18-14)26-10-11-2-3-11/h6-9,11,13H,2-5,10H2,1H3,(H,21,24). The first-order valence-electron chi connectivity index (χ1n) is 8.66. The lowest BCUT2D eigenvalue weighted by molar-refractivity contribution is -0.118. The molecule has 136 valence electrons. The minimum atomic E-state index is -0.574.